The van der Waals surface area contributed by atoms with Crippen molar-refractivity contribution in [1.29, 1.82) is 0 Å². The van der Waals surface area contributed by atoms with Crippen molar-refractivity contribution in [3.05, 3.63) is 65.4 Å². The Kier molecular flexibility index (Phi) is 3.22. The van der Waals surface area contributed by atoms with Gasteiger partial charge in [0.25, 0.3) is 0 Å². The summed E-state index contributed by atoms with van der Waals surface area (Å²) in [7, 11) is 1.74. The fourth-order valence-corrected chi connectivity index (χ4v) is 2.83. The van der Waals surface area contributed by atoms with E-state index < -0.39 is 5.60 Å². The van der Waals surface area contributed by atoms with Gasteiger partial charge in [0, 0.05) is 24.3 Å². The lowest BCUT2D eigenvalue weighted by molar-refractivity contribution is 0.0403. The van der Waals surface area contributed by atoms with Crippen molar-refractivity contribution >= 4 is 16.6 Å². The van der Waals surface area contributed by atoms with E-state index in [1.807, 2.05) is 18.3 Å². The van der Waals surface area contributed by atoms with Crippen molar-refractivity contribution in [1.82, 2.24) is 4.98 Å². The Bertz CT molecular complexity index is 774. The number of aromatic amines is 1. The molecule has 0 radical (unpaired) electrons. The molecule has 0 saturated carbocycles. The summed E-state index contributed by atoms with van der Waals surface area (Å²) in [5, 5.41) is 1.10. The molecule has 0 spiro atoms. The number of rotatable bonds is 3. The largest absolute Gasteiger partial charge is 0.397 e. The van der Waals surface area contributed by atoms with E-state index in [-0.39, 0.29) is 0 Å². The van der Waals surface area contributed by atoms with E-state index in [0.29, 0.717) is 0 Å². The number of anilines is 1. The number of nitrogens with two attached hydrogens (primary N) is 1. The van der Waals surface area contributed by atoms with Gasteiger partial charge >= 0.3 is 0 Å². The van der Waals surface area contributed by atoms with Crippen LogP contribution in [0.4, 0.5) is 5.69 Å². The van der Waals surface area contributed by atoms with Gasteiger partial charge in [0.05, 0.1) is 11.2 Å². The van der Waals surface area contributed by atoms with E-state index in [2.05, 4.69) is 49.2 Å². The molecule has 3 rings (SSSR count). The van der Waals surface area contributed by atoms with Crippen LogP contribution in [-0.2, 0) is 10.3 Å². The van der Waals surface area contributed by atoms with Gasteiger partial charge in [-0.25, -0.2) is 0 Å². The molecule has 0 saturated heterocycles. The van der Waals surface area contributed by atoms with E-state index in [9.17, 15) is 0 Å². The smallest absolute Gasteiger partial charge is 0.117 e. The van der Waals surface area contributed by atoms with Gasteiger partial charge in [-0.05, 0) is 25.5 Å². The van der Waals surface area contributed by atoms with Crippen molar-refractivity contribution < 1.29 is 4.74 Å². The summed E-state index contributed by atoms with van der Waals surface area (Å²) in [5.41, 5.74) is 10.7. The molecule has 3 aromatic rings. The van der Waals surface area contributed by atoms with Crippen molar-refractivity contribution in [2.75, 3.05) is 12.8 Å². The van der Waals surface area contributed by atoms with Crippen LogP contribution in [0.5, 0.6) is 0 Å². The maximum absolute atomic E-state index is 6.04. The number of hydrogen-bond donors (Lipinski definition) is 2. The monoisotopic (exact) mass is 280 g/mol. The van der Waals surface area contributed by atoms with E-state index in [0.717, 1.165) is 27.7 Å². The summed E-state index contributed by atoms with van der Waals surface area (Å²) >= 11 is 0. The summed E-state index contributed by atoms with van der Waals surface area (Å²) in [6, 6.07) is 14.4. The van der Waals surface area contributed by atoms with Crippen molar-refractivity contribution in [2.45, 2.75) is 19.4 Å². The van der Waals surface area contributed by atoms with Gasteiger partial charge in [0.2, 0.25) is 0 Å². The molecule has 0 fully saturated rings. The second kappa shape index (κ2) is 4.93. The Morgan fingerprint density at radius 3 is 2.48 bits per heavy atom. The fourth-order valence-electron chi connectivity index (χ4n) is 2.83. The molecule has 0 aliphatic heterocycles. The van der Waals surface area contributed by atoms with Crippen LogP contribution >= 0.6 is 0 Å². The van der Waals surface area contributed by atoms with Crippen LogP contribution in [0.3, 0.4) is 0 Å². The van der Waals surface area contributed by atoms with Gasteiger partial charge in [0.15, 0.2) is 0 Å². The quantitative estimate of drug-likeness (QED) is 0.713. The molecule has 3 N–H and O–H groups in total. The Balaban J connectivity index is 2.22. The first-order valence-corrected chi connectivity index (χ1v) is 7.04. The number of hydrogen-bond acceptors (Lipinski definition) is 2. The number of nitrogen functional groups attached to an aromatic ring is 1. The Labute approximate surface area is 124 Å². The molecule has 21 heavy (non-hydrogen) atoms. The highest BCUT2D eigenvalue weighted by atomic mass is 16.5. The lowest BCUT2D eigenvalue weighted by atomic mass is 9.87. The average molecular weight is 280 g/mol. The molecule has 1 unspecified atom stereocenters. The predicted octanol–water partition coefficient (Wildman–Crippen LogP) is 3.97. The Morgan fingerprint density at radius 1 is 1.10 bits per heavy atom. The molecular formula is C18H20N2O. The second-order valence-corrected chi connectivity index (χ2v) is 5.58. The van der Waals surface area contributed by atoms with Crippen LogP contribution in [0.2, 0.25) is 0 Å². The number of benzene rings is 2. The van der Waals surface area contributed by atoms with E-state index in [1.165, 1.54) is 5.56 Å². The minimum absolute atomic E-state index is 0.514. The molecule has 1 heterocycles. The minimum atomic E-state index is -0.514. The fraction of sp³-hybridized carbons (Fsp3) is 0.222. The van der Waals surface area contributed by atoms with Gasteiger partial charge < -0.3 is 15.5 Å². The summed E-state index contributed by atoms with van der Waals surface area (Å²) in [6.07, 6.45) is 1.99. The first kappa shape index (κ1) is 13.7. The molecule has 1 atom stereocenters. The van der Waals surface area contributed by atoms with Crippen molar-refractivity contribution in [2.24, 2.45) is 0 Å². The number of para-hydroxylation sites is 1. The first-order valence-electron chi connectivity index (χ1n) is 7.04. The highest BCUT2D eigenvalue weighted by molar-refractivity contribution is 5.93. The Morgan fingerprint density at radius 2 is 1.81 bits per heavy atom. The van der Waals surface area contributed by atoms with Gasteiger partial charge in [0.1, 0.15) is 5.60 Å². The van der Waals surface area contributed by atoms with Gasteiger partial charge in [-0.2, -0.15) is 0 Å². The zero-order chi connectivity index (χ0) is 15.0. The Hall–Kier alpha value is -2.26. The lowest BCUT2D eigenvalue weighted by Gasteiger charge is -2.29. The first-order chi connectivity index (χ1) is 10.1. The third-order valence-electron chi connectivity index (χ3n) is 4.27. The second-order valence-electron chi connectivity index (χ2n) is 5.58. The highest BCUT2D eigenvalue weighted by Gasteiger charge is 2.31. The SMILES string of the molecule is COC(C)(c1ccc(C)cc1)c1c[nH]c2c(N)cccc12. The summed E-state index contributed by atoms with van der Waals surface area (Å²) in [5.74, 6) is 0. The van der Waals surface area contributed by atoms with E-state index in [4.69, 9.17) is 10.5 Å². The number of fused-ring (bicyclic) bond motifs is 1. The number of nitrogens with one attached hydrogen (secondary N) is 1. The zero-order valence-electron chi connectivity index (χ0n) is 12.6. The molecule has 0 amide bonds. The molecule has 0 bridgehead atoms. The highest BCUT2D eigenvalue weighted by Crippen LogP contribution is 2.38. The number of aryl methyl sites for hydroxylation is 1. The van der Waals surface area contributed by atoms with Crippen LogP contribution in [0.15, 0.2) is 48.7 Å². The van der Waals surface area contributed by atoms with Crippen LogP contribution in [0.1, 0.15) is 23.6 Å². The summed E-state index contributed by atoms with van der Waals surface area (Å²) in [4.78, 5) is 3.27. The molecule has 3 heteroatoms. The molecule has 0 aliphatic carbocycles. The lowest BCUT2D eigenvalue weighted by Crippen LogP contribution is -2.25. The van der Waals surface area contributed by atoms with Crippen LogP contribution in [-0.4, -0.2) is 12.1 Å². The third-order valence-corrected chi connectivity index (χ3v) is 4.27. The van der Waals surface area contributed by atoms with E-state index in [1.54, 1.807) is 7.11 Å². The van der Waals surface area contributed by atoms with Crippen LogP contribution in [0.25, 0.3) is 10.9 Å². The molecule has 0 aliphatic rings. The van der Waals surface area contributed by atoms with E-state index >= 15 is 0 Å². The van der Waals surface area contributed by atoms with Crippen LogP contribution < -0.4 is 5.73 Å². The topological polar surface area (TPSA) is 51.0 Å². The zero-order valence-corrected chi connectivity index (χ0v) is 12.6. The maximum Gasteiger partial charge on any atom is 0.117 e. The third kappa shape index (κ3) is 2.10. The molecular weight excluding hydrogens is 260 g/mol. The molecule has 1 aromatic heterocycles. The number of aromatic nitrogens is 1. The molecule has 2 aromatic carbocycles. The number of ether oxygens (including phenoxy) is 1. The average Bonchev–Trinajstić information content (AvgIpc) is 2.93. The van der Waals surface area contributed by atoms with Crippen LogP contribution in [0, 0.1) is 6.92 Å². The number of H-pyrrole nitrogens is 1. The standard InChI is InChI=1S/C18H20N2O/c1-12-7-9-13(10-8-12)18(2,21-3)15-11-20-17-14(15)5-4-6-16(17)19/h4-11,20H,19H2,1-3H3. The van der Waals surface area contributed by atoms with Gasteiger partial charge in [-0.15, -0.1) is 0 Å². The molecule has 3 nitrogen and oxygen atoms in total. The summed E-state index contributed by atoms with van der Waals surface area (Å²) in [6.45, 7) is 4.17. The maximum atomic E-state index is 6.04. The summed E-state index contributed by atoms with van der Waals surface area (Å²) < 4.78 is 5.90. The molecule has 108 valence electrons. The normalized spacial score (nSPS) is 14.2. The predicted molar refractivity (Wildman–Crippen MR) is 87.4 cm³/mol. The minimum Gasteiger partial charge on any atom is -0.397 e. The van der Waals surface area contributed by atoms with Crippen molar-refractivity contribution in [3.8, 4) is 0 Å². The van der Waals surface area contributed by atoms with Crippen molar-refractivity contribution in [3.63, 3.8) is 0 Å². The van der Waals surface area contributed by atoms with Gasteiger partial charge in [-0.3, -0.25) is 0 Å². The van der Waals surface area contributed by atoms with Gasteiger partial charge in [-0.1, -0.05) is 42.0 Å². The number of methoxy groups -OCH3 is 1.